The van der Waals surface area contributed by atoms with E-state index in [1.807, 2.05) is 0 Å². The van der Waals surface area contributed by atoms with Gasteiger partial charge in [0.15, 0.2) is 0 Å². The van der Waals surface area contributed by atoms with Crippen LogP contribution in [0.1, 0.15) is 32.6 Å². The Labute approximate surface area is 141 Å². The van der Waals surface area contributed by atoms with Crippen molar-refractivity contribution < 1.29 is 40.6 Å². The third kappa shape index (κ3) is 3.74. The standard InChI is InChI=1S/C16H20F6O3/c1-3-24-8-13-6-10-4-11(13)5-12(10)7-14(15(17,18)19,16(20,21)22)25-9(2)23/h3,10-13H,1,4-8H2,2H3/t10-,11?,12?,13?/m0/s1. The maximum atomic E-state index is 13.3. The van der Waals surface area contributed by atoms with E-state index >= 15 is 0 Å². The summed E-state index contributed by atoms with van der Waals surface area (Å²) >= 11 is 0. The van der Waals surface area contributed by atoms with Gasteiger partial charge in [-0.15, -0.1) is 0 Å². The van der Waals surface area contributed by atoms with Crippen LogP contribution < -0.4 is 0 Å². The molecule has 0 aromatic carbocycles. The molecule has 0 spiro atoms. The lowest BCUT2D eigenvalue weighted by molar-refractivity contribution is -0.374. The van der Waals surface area contributed by atoms with Crippen LogP contribution in [0, 0.1) is 23.7 Å². The summed E-state index contributed by atoms with van der Waals surface area (Å²) in [5.41, 5.74) is -4.45. The molecule has 0 aliphatic heterocycles. The van der Waals surface area contributed by atoms with Gasteiger partial charge < -0.3 is 9.47 Å². The summed E-state index contributed by atoms with van der Waals surface area (Å²) in [6.07, 6.45) is -10.2. The monoisotopic (exact) mass is 374 g/mol. The van der Waals surface area contributed by atoms with Crippen LogP contribution >= 0.6 is 0 Å². The van der Waals surface area contributed by atoms with E-state index in [1.165, 1.54) is 6.26 Å². The van der Waals surface area contributed by atoms with Crippen molar-refractivity contribution in [2.45, 2.75) is 50.6 Å². The topological polar surface area (TPSA) is 35.5 Å². The Bertz CT molecular complexity index is 499. The van der Waals surface area contributed by atoms with Gasteiger partial charge in [-0.2, -0.15) is 26.3 Å². The lowest BCUT2D eigenvalue weighted by Crippen LogP contribution is -2.60. The van der Waals surface area contributed by atoms with Crippen LogP contribution in [0.2, 0.25) is 0 Å². The van der Waals surface area contributed by atoms with Crippen LogP contribution in [-0.2, 0) is 14.3 Å². The molecule has 25 heavy (non-hydrogen) atoms. The molecule has 0 aromatic rings. The van der Waals surface area contributed by atoms with Crippen LogP contribution in [0.15, 0.2) is 12.8 Å². The Morgan fingerprint density at radius 1 is 1.04 bits per heavy atom. The van der Waals surface area contributed by atoms with Crippen LogP contribution in [-0.4, -0.2) is 30.5 Å². The first kappa shape index (κ1) is 19.9. The van der Waals surface area contributed by atoms with Gasteiger partial charge in [0, 0.05) is 13.3 Å². The summed E-state index contributed by atoms with van der Waals surface area (Å²) in [5, 5.41) is 0. The molecule has 3 unspecified atom stereocenters. The molecule has 2 aliphatic rings. The van der Waals surface area contributed by atoms with E-state index in [0.717, 1.165) is 0 Å². The minimum absolute atomic E-state index is 0.0199. The number of esters is 1. The van der Waals surface area contributed by atoms with Crippen molar-refractivity contribution in [2.24, 2.45) is 23.7 Å². The predicted octanol–water partition coefficient (Wildman–Crippen LogP) is 4.63. The average Bonchev–Trinajstić information content (AvgIpc) is 3.00. The number of hydrogen-bond donors (Lipinski definition) is 0. The highest BCUT2D eigenvalue weighted by Gasteiger charge is 2.74. The number of ether oxygens (including phenoxy) is 2. The molecule has 3 nitrogen and oxygen atoms in total. The molecule has 0 amide bonds. The van der Waals surface area contributed by atoms with Gasteiger partial charge in [0.25, 0.3) is 0 Å². The largest absolute Gasteiger partial charge is 0.502 e. The third-order valence-corrected chi connectivity index (χ3v) is 5.36. The van der Waals surface area contributed by atoms with E-state index in [1.54, 1.807) is 0 Å². The normalized spacial score (nSPS) is 29.6. The second-order valence-corrected chi connectivity index (χ2v) is 6.87. The molecule has 2 bridgehead atoms. The minimum Gasteiger partial charge on any atom is -0.502 e. The number of fused-ring (bicyclic) bond motifs is 2. The van der Waals surface area contributed by atoms with Crippen LogP contribution in [0.25, 0.3) is 0 Å². The van der Waals surface area contributed by atoms with Crippen molar-refractivity contribution in [3.05, 3.63) is 12.8 Å². The second kappa shape index (κ2) is 6.72. The van der Waals surface area contributed by atoms with E-state index in [2.05, 4.69) is 11.3 Å². The lowest BCUT2D eigenvalue weighted by atomic mass is 9.76. The smallest absolute Gasteiger partial charge is 0.437 e. The van der Waals surface area contributed by atoms with E-state index in [-0.39, 0.29) is 24.2 Å². The molecule has 0 radical (unpaired) electrons. The Morgan fingerprint density at radius 2 is 1.56 bits per heavy atom. The highest BCUT2D eigenvalue weighted by Crippen LogP contribution is 2.58. The van der Waals surface area contributed by atoms with Crippen molar-refractivity contribution in [1.29, 1.82) is 0 Å². The van der Waals surface area contributed by atoms with E-state index in [4.69, 9.17) is 4.74 Å². The highest BCUT2D eigenvalue weighted by atomic mass is 19.4. The highest BCUT2D eigenvalue weighted by molar-refractivity contribution is 5.66. The first-order valence-electron chi connectivity index (χ1n) is 7.97. The molecule has 9 heteroatoms. The maximum Gasteiger partial charge on any atom is 0.437 e. The number of carbonyl (C=O) groups is 1. The van der Waals surface area contributed by atoms with Crippen LogP contribution in [0.4, 0.5) is 26.3 Å². The maximum absolute atomic E-state index is 13.3. The van der Waals surface area contributed by atoms with Crippen molar-refractivity contribution in [3.63, 3.8) is 0 Å². The summed E-state index contributed by atoms with van der Waals surface area (Å²) in [5.74, 6) is -2.53. The van der Waals surface area contributed by atoms with Crippen LogP contribution in [0.5, 0.6) is 0 Å². The zero-order chi connectivity index (χ0) is 19.0. The van der Waals surface area contributed by atoms with Gasteiger partial charge >= 0.3 is 23.9 Å². The molecular formula is C16H20F6O3. The van der Waals surface area contributed by atoms with Crippen molar-refractivity contribution in [1.82, 2.24) is 0 Å². The van der Waals surface area contributed by atoms with Gasteiger partial charge in [-0.25, -0.2) is 0 Å². The fourth-order valence-corrected chi connectivity index (χ4v) is 4.32. The first-order chi connectivity index (χ1) is 11.4. The van der Waals surface area contributed by atoms with Crippen molar-refractivity contribution in [3.8, 4) is 0 Å². The minimum atomic E-state index is -5.73. The first-order valence-corrected chi connectivity index (χ1v) is 7.97. The Balaban J connectivity index is 2.19. The van der Waals surface area contributed by atoms with Crippen LogP contribution in [0.3, 0.4) is 0 Å². The molecule has 0 heterocycles. The number of carbonyl (C=O) groups excluding carboxylic acids is 1. The van der Waals surface area contributed by atoms with E-state index in [9.17, 15) is 31.1 Å². The summed E-state index contributed by atoms with van der Waals surface area (Å²) in [4.78, 5) is 11.0. The fourth-order valence-electron chi connectivity index (χ4n) is 4.32. The van der Waals surface area contributed by atoms with Gasteiger partial charge in [0.2, 0.25) is 0 Å². The lowest BCUT2D eigenvalue weighted by Gasteiger charge is -2.40. The second-order valence-electron chi connectivity index (χ2n) is 6.87. The molecule has 2 fully saturated rings. The number of rotatable bonds is 6. The van der Waals surface area contributed by atoms with Crippen molar-refractivity contribution >= 4 is 5.97 Å². The molecule has 144 valence electrons. The molecule has 2 rings (SSSR count). The summed E-state index contributed by atoms with van der Waals surface area (Å²) in [6.45, 7) is 4.33. The third-order valence-electron chi connectivity index (χ3n) is 5.36. The van der Waals surface area contributed by atoms with Crippen molar-refractivity contribution in [2.75, 3.05) is 6.61 Å². The van der Waals surface area contributed by atoms with Gasteiger partial charge in [-0.05, 0) is 42.9 Å². The summed E-state index contributed by atoms with van der Waals surface area (Å²) in [7, 11) is 0. The number of halogens is 6. The summed E-state index contributed by atoms with van der Waals surface area (Å²) < 4.78 is 89.1. The van der Waals surface area contributed by atoms with Gasteiger partial charge in [-0.1, -0.05) is 6.58 Å². The van der Waals surface area contributed by atoms with E-state index < -0.39 is 36.3 Å². The van der Waals surface area contributed by atoms with Gasteiger partial charge in [-0.3, -0.25) is 4.79 Å². The molecule has 0 N–H and O–H groups in total. The number of alkyl halides is 6. The molecule has 4 atom stereocenters. The fraction of sp³-hybridized carbons (Fsp3) is 0.812. The Hall–Kier alpha value is -1.41. The molecule has 2 aliphatic carbocycles. The quantitative estimate of drug-likeness (QED) is 0.386. The SMILES string of the molecule is C=COCC1C[C@@H]2CC1CC2CC(OC(C)=O)(C(F)(F)F)C(F)(F)F. The molecule has 2 saturated carbocycles. The molecular weight excluding hydrogens is 354 g/mol. The zero-order valence-electron chi connectivity index (χ0n) is 13.6. The molecule has 0 saturated heterocycles. The average molecular weight is 374 g/mol. The number of hydrogen-bond acceptors (Lipinski definition) is 3. The van der Waals surface area contributed by atoms with E-state index in [0.29, 0.717) is 26.4 Å². The predicted molar refractivity (Wildman–Crippen MR) is 75.2 cm³/mol. The zero-order valence-corrected chi connectivity index (χ0v) is 13.6. The molecule has 0 aromatic heterocycles. The Kier molecular flexibility index (Phi) is 5.35. The van der Waals surface area contributed by atoms with Gasteiger partial charge in [0.05, 0.1) is 12.9 Å². The summed E-state index contributed by atoms with van der Waals surface area (Å²) in [6, 6.07) is 0. The van der Waals surface area contributed by atoms with Gasteiger partial charge in [0.1, 0.15) is 0 Å². The Morgan fingerprint density at radius 3 is 1.96 bits per heavy atom.